The molecule has 4 atom stereocenters. The lowest BCUT2D eigenvalue weighted by Gasteiger charge is -2.42. The highest BCUT2D eigenvalue weighted by Crippen LogP contribution is 2.56. The summed E-state index contributed by atoms with van der Waals surface area (Å²) < 4.78 is 5.47. The number of Topliss-reactive ketones (excluding diaryl/α,β-unsaturated/α-hetero) is 1. The summed E-state index contributed by atoms with van der Waals surface area (Å²) in [4.78, 5) is 54.1. The zero-order chi connectivity index (χ0) is 24.3. The van der Waals surface area contributed by atoms with Crippen LogP contribution in [0, 0.1) is 17.8 Å². The van der Waals surface area contributed by atoms with Crippen LogP contribution in [0.2, 0.25) is 0 Å². The molecule has 0 spiro atoms. The number of rotatable bonds is 4. The summed E-state index contributed by atoms with van der Waals surface area (Å²) in [5, 5.41) is 11.0. The number of fused-ring (bicyclic) bond motifs is 3. The van der Waals surface area contributed by atoms with Crippen LogP contribution in [0.4, 0.5) is 0 Å². The van der Waals surface area contributed by atoms with E-state index in [9.17, 15) is 24.3 Å². The van der Waals surface area contributed by atoms with Gasteiger partial charge in [0.1, 0.15) is 0 Å². The summed E-state index contributed by atoms with van der Waals surface area (Å²) in [6.45, 7) is 2.29. The second-order valence-corrected chi connectivity index (χ2v) is 9.97. The van der Waals surface area contributed by atoms with E-state index in [2.05, 4.69) is 15.9 Å². The molecule has 3 aliphatic carbocycles. The lowest BCUT2D eigenvalue weighted by molar-refractivity contribution is -0.140. The largest absolute Gasteiger partial charge is 0.504 e. The third-order valence-corrected chi connectivity index (χ3v) is 8.02. The van der Waals surface area contributed by atoms with Crippen LogP contribution in [0.3, 0.4) is 0 Å². The van der Waals surface area contributed by atoms with Crippen LogP contribution in [0.5, 0.6) is 11.5 Å². The maximum Gasteiger partial charge on any atom is 0.233 e. The normalized spacial score (nSPS) is 28.4. The highest BCUT2D eigenvalue weighted by atomic mass is 79.9. The summed E-state index contributed by atoms with van der Waals surface area (Å²) in [6.07, 6.45) is 4.46. The maximum atomic E-state index is 13.4. The van der Waals surface area contributed by atoms with Crippen molar-refractivity contribution in [2.24, 2.45) is 17.8 Å². The number of amides is 2. The van der Waals surface area contributed by atoms with Gasteiger partial charge in [0.25, 0.3) is 0 Å². The molecule has 0 bridgehead atoms. The van der Waals surface area contributed by atoms with E-state index in [0.29, 0.717) is 36.1 Å². The fraction of sp³-hybridized carbons (Fsp3) is 0.385. The van der Waals surface area contributed by atoms with Gasteiger partial charge in [-0.15, -0.1) is 0 Å². The zero-order valence-electron chi connectivity index (χ0n) is 18.8. The van der Waals surface area contributed by atoms with Gasteiger partial charge in [0, 0.05) is 35.2 Å². The van der Waals surface area contributed by atoms with Crippen LogP contribution in [0.15, 0.2) is 51.6 Å². The van der Waals surface area contributed by atoms with Gasteiger partial charge >= 0.3 is 0 Å². The molecule has 2 amide bonds. The smallest absolute Gasteiger partial charge is 0.233 e. The summed E-state index contributed by atoms with van der Waals surface area (Å²) in [5.74, 6) is -3.03. The number of ketones is 2. The molecule has 4 unspecified atom stereocenters. The van der Waals surface area contributed by atoms with Gasteiger partial charge in [-0.3, -0.25) is 24.1 Å². The number of halogens is 1. The number of imide groups is 1. The Hall–Kier alpha value is -3.00. The van der Waals surface area contributed by atoms with Crippen molar-refractivity contribution >= 4 is 39.3 Å². The van der Waals surface area contributed by atoms with Crippen molar-refractivity contribution in [1.82, 2.24) is 4.90 Å². The van der Waals surface area contributed by atoms with Crippen molar-refractivity contribution in [3.05, 3.63) is 57.1 Å². The van der Waals surface area contributed by atoms with Gasteiger partial charge in [-0.1, -0.05) is 30.7 Å². The molecule has 1 aliphatic heterocycles. The molecule has 1 N–H and O–H groups in total. The predicted molar refractivity (Wildman–Crippen MR) is 126 cm³/mol. The first-order chi connectivity index (χ1) is 16.3. The van der Waals surface area contributed by atoms with Gasteiger partial charge in [0.2, 0.25) is 11.8 Å². The molecule has 34 heavy (non-hydrogen) atoms. The Morgan fingerprint density at radius 3 is 2.62 bits per heavy atom. The summed E-state index contributed by atoms with van der Waals surface area (Å²) >= 11 is 3.21. The molecule has 5 rings (SSSR count). The first-order valence-electron chi connectivity index (χ1n) is 11.4. The lowest BCUT2D eigenvalue weighted by Crippen LogP contribution is -2.39. The number of ether oxygens (including phenoxy) is 1. The molecule has 8 heteroatoms. The van der Waals surface area contributed by atoms with Gasteiger partial charge in [0.05, 0.1) is 23.4 Å². The second-order valence-electron chi connectivity index (χ2n) is 9.12. The average molecular weight is 526 g/mol. The van der Waals surface area contributed by atoms with Crippen LogP contribution in [0.1, 0.15) is 37.7 Å². The molecule has 1 aromatic rings. The van der Waals surface area contributed by atoms with E-state index in [-0.39, 0.29) is 45.8 Å². The Morgan fingerprint density at radius 2 is 1.91 bits per heavy atom. The van der Waals surface area contributed by atoms with E-state index in [1.165, 1.54) is 18.1 Å². The van der Waals surface area contributed by atoms with Gasteiger partial charge in [0.15, 0.2) is 23.1 Å². The molecule has 0 radical (unpaired) electrons. The number of aromatic hydroxyl groups is 1. The van der Waals surface area contributed by atoms with Gasteiger partial charge in [-0.05, 0) is 47.2 Å². The van der Waals surface area contributed by atoms with Crippen molar-refractivity contribution < 1.29 is 29.0 Å². The number of nitrogens with zero attached hydrogens (tertiary/aromatic N) is 1. The molecule has 4 aliphatic rings. The third-order valence-electron chi connectivity index (χ3n) is 7.43. The van der Waals surface area contributed by atoms with E-state index >= 15 is 0 Å². The fourth-order valence-corrected chi connectivity index (χ4v) is 6.46. The number of likely N-dealkylation sites (tertiary alicyclic amines) is 1. The van der Waals surface area contributed by atoms with E-state index in [4.69, 9.17) is 4.74 Å². The molecule has 1 saturated heterocycles. The van der Waals surface area contributed by atoms with Crippen molar-refractivity contribution in [3.8, 4) is 11.5 Å². The van der Waals surface area contributed by atoms with Crippen LogP contribution >= 0.6 is 15.9 Å². The van der Waals surface area contributed by atoms with Crippen molar-refractivity contribution in [2.45, 2.75) is 32.1 Å². The molecule has 0 saturated carbocycles. The molecule has 176 valence electrons. The average Bonchev–Trinajstić information content (AvgIpc) is 3.07. The minimum absolute atomic E-state index is 0.110. The predicted octanol–water partition coefficient (Wildman–Crippen LogP) is 3.57. The van der Waals surface area contributed by atoms with Gasteiger partial charge < -0.3 is 9.84 Å². The Kier molecular flexibility index (Phi) is 5.59. The Morgan fingerprint density at radius 1 is 1.15 bits per heavy atom. The van der Waals surface area contributed by atoms with E-state index < -0.39 is 23.7 Å². The fourth-order valence-electron chi connectivity index (χ4n) is 6.01. The molecule has 7 nitrogen and oxygen atoms in total. The number of para-hydroxylation sites is 1. The number of benzene rings is 1. The molecule has 1 heterocycles. The maximum absolute atomic E-state index is 13.4. The SMILES string of the molecule is CCCN1C(=O)C2CC=C3C(c4cccc(OC)c4O)C4=C(CC3C2C1=O)C(=O)C(Br)=CC4=O. The standard InChI is InChI=1S/C26H24BrNO6/c1-3-9-28-25(32)14-8-7-12-15(21(14)26(28)33)10-16-22(18(29)11-17(27)23(16)30)20(12)13-5-4-6-19(34-2)24(13)31/h4-7,11,14-15,20-21,31H,3,8-10H2,1-2H3. The summed E-state index contributed by atoms with van der Waals surface area (Å²) in [7, 11) is 1.44. The minimum Gasteiger partial charge on any atom is -0.504 e. The number of hydrogen-bond donors (Lipinski definition) is 1. The topological polar surface area (TPSA) is 101 Å². The highest BCUT2D eigenvalue weighted by molar-refractivity contribution is 9.12. The van der Waals surface area contributed by atoms with E-state index in [1.807, 2.05) is 13.0 Å². The first kappa shape index (κ1) is 22.8. The van der Waals surface area contributed by atoms with Gasteiger partial charge in [-0.25, -0.2) is 0 Å². The van der Waals surface area contributed by atoms with Crippen LogP contribution in [-0.4, -0.2) is 47.0 Å². The second kappa shape index (κ2) is 8.34. The Balaban J connectivity index is 1.70. The molecule has 1 fully saturated rings. The van der Waals surface area contributed by atoms with Crippen LogP contribution in [-0.2, 0) is 19.2 Å². The zero-order valence-corrected chi connectivity index (χ0v) is 20.4. The van der Waals surface area contributed by atoms with Crippen LogP contribution in [0.25, 0.3) is 0 Å². The van der Waals surface area contributed by atoms with E-state index in [0.717, 1.165) is 5.57 Å². The molecule has 0 aromatic heterocycles. The summed E-state index contributed by atoms with van der Waals surface area (Å²) in [5.41, 5.74) is 1.90. The number of methoxy groups -OCH3 is 1. The van der Waals surface area contributed by atoms with E-state index in [1.54, 1.807) is 18.2 Å². The Bertz CT molecular complexity index is 1240. The molecular weight excluding hydrogens is 502 g/mol. The monoisotopic (exact) mass is 525 g/mol. The number of carbonyl (C=O) groups is 4. The number of phenolic OH excluding ortho intramolecular Hbond substituents is 1. The summed E-state index contributed by atoms with van der Waals surface area (Å²) in [6, 6.07) is 5.04. The number of phenols is 1. The van der Waals surface area contributed by atoms with Crippen LogP contribution < -0.4 is 4.74 Å². The first-order valence-corrected chi connectivity index (χ1v) is 12.2. The minimum atomic E-state index is -0.707. The number of allylic oxidation sites excluding steroid dienone is 6. The van der Waals surface area contributed by atoms with Crippen molar-refractivity contribution in [3.63, 3.8) is 0 Å². The molecule has 1 aromatic carbocycles. The number of carbonyl (C=O) groups excluding carboxylic acids is 4. The third kappa shape index (κ3) is 3.15. The quantitative estimate of drug-likeness (QED) is 0.366. The lowest BCUT2D eigenvalue weighted by atomic mass is 9.59. The highest BCUT2D eigenvalue weighted by Gasteiger charge is 2.56. The van der Waals surface area contributed by atoms with Crippen molar-refractivity contribution in [1.29, 1.82) is 0 Å². The Labute approximate surface area is 205 Å². The van der Waals surface area contributed by atoms with Gasteiger partial charge in [-0.2, -0.15) is 0 Å². The van der Waals surface area contributed by atoms with Crippen molar-refractivity contribution in [2.75, 3.05) is 13.7 Å². The molecular formula is C26H24BrNO6. The number of hydrogen-bond acceptors (Lipinski definition) is 6.